The van der Waals surface area contributed by atoms with Crippen LogP contribution in [0.3, 0.4) is 0 Å². The summed E-state index contributed by atoms with van der Waals surface area (Å²) in [7, 11) is 0. The van der Waals surface area contributed by atoms with Gasteiger partial charge in [0, 0.05) is 12.1 Å². The molecule has 1 amide bonds. The van der Waals surface area contributed by atoms with Crippen molar-refractivity contribution < 1.29 is 24.1 Å². The van der Waals surface area contributed by atoms with E-state index < -0.39 is 6.10 Å². The molecule has 0 bridgehead atoms. The molecule has 6 heteroatoms. The topological polar surface area (TPSA) is 68.2 Å². The van der Waals surface area contributed by atoms with Crippen molar-refractivity contribution in [3.63, 3.8) is 0 Å². The van der Waals surface area contributed by atoms with Crippen LogP contribution in [0.1, 0.15) is 17.3 Å². The molecule has 0 radical (unpaired) electrons. The molecule has 1 fully saturated rings. The van der Waals surface area contributed by atoms with Gasteiger partial charge in [0.15, 0.2) is 11.5 Å². The SMILES string of the molecule is CCN(C(=O)c1cccc(-c2ccc3c(c2)OCO3)c1)[C@H]1COC[C@@H]1O. The van der Waals surface area contributed by atoms with Gasteiger partial charge < -0.3 is 24.2 Å². The summed E-state index contributed by atoms with van der Waals surface area (Å²) in [4.78, 5) is 14.7. The van der Waals surface area contributed by atoms with Gasteiger partial charge in [-0.15, -0.1) is 0 Å². The number of ether oxygens (including phenoxy) is 3. The third-order valence-corrected chi connectivity index (χ3v) is 4.84. The summed E-state index contributed by atoms with van der Waals surface area (Å²) in [5, 5.41) is 10.1. The summed E-state index contributed by atoms with van der Waals surface area (Å²) in [5.74, 6) is 1.33. The molecule has 0 aromatic heterocycles. The molecule has 2 aliphatic rings. The predicted octanol–water partition coefficient (Wildman–Crippen LogP) is 2.30. The number of rotatable bonds is 4. The maximum absolute atomic E-state index is 13.0. The minimum atomic E-state index is -0.643. The molecule has 4 rings (SSSR count). The minimum absolute atomic E-state index is 0.107. The van der Waals surface area contributed by atoms with Crippen LogP contribution in [0.15, 0.2) is 42.5 Å². The van der Waals surface area contributed by atoms with Crippen molar-refractivity contribution in [3.05, 3.63) is 48.0 Å². The highest BCUT2D eigenvalue weighted by Gasteiger charge is 2.34. The van der Waals surface area contributed by atoms with Gasteiger partial charge in [0.1, 0.15) is 0 Å². The van der Waals surface area contributed by atoms with Crippen LogP contribution < -0.4 is 9.47 Å². The number of nitrogens with zero attached hydrogens (tertiary/aromatic N) is 1. The van der Waals surface area contributed by atoms with E-state index in [9.17, 15) is 9.90 Å². The second-order valence-corrected chi connectivity index (χ2v) is 6.41. The molecule has 6 nitrogen and oxygen atoms in total. The van der Waals surface area contributed by atoms with Crippen LogP contribution in [0.5, 0.6) is 11.5 Å². The summed E-state index contributed by atoms with van der Waals surface area (Å²) in [6.45, 7) is 3.28. The van der Waals surface area contributed by atoms with Crippen LogP contribution in [0.25, 0.3) is 11.1 Å². The first-order chi connectivity index (χ1) is 12.7. The summed E-state index contributed by atoms with van der Waals surface area (Å²) in [6, 6.07) is 12.9. The van der Waals surface area contributed by atoms with E-state index in [4.69, 9.17) is 14.2 Å². The lowest BCUT2D eigenvalue weighted by molar-refractivity contribution is 0.0520. The van der Waals surface area contributed by atoms with Gasteiger partial charge in [-0.05, 0) is 42.3 Å². The van der Waals surface area contributed by atoms with Crippen molar-refractivity contribution in [2.75, 3.05) is 26.6 Å². The van der Waals surface area contributed by atoms with Crippen molar-refractivity contribution >= 4 is 5.91 Å². The maximum Gasteiger partial charge on any atom is 0.254 e. The Morgan fingerprint density at radius 2 is 1.92 bits per heavy atom. The van der Waals surface area contributed by atoms with Gasteiger partial charge in [0.25, 0.3) is 5.91 Å². The van der Waals surface area contributed by atoms with Gasteiger partial charge in [0.05, 0.1) is 25.4 Å². The highest BCUT2D eigenvalue weighted by atomic mass is 16.7. The molecular weight excluding hydrogens is 334 g/mol. The fourth-order valence-corrected chi connectivity index (χ4v) is 3.43. The monoisotopic (exact) mass is 355 g/mol. The molecule has 1 N–H and O–H groups in total. The molecule has 0 spiro atoms. The van der Waals surface area contributed by atoms with Crippen LogP contribution in [0, 0.1) is 0 Å². The molecule has 0 unspecified atom stereocenters. The number of carbonyl (C=O) groups is 1. The molecule has 0 aliphatic carbocycles. The summed E-state index contributed by atoms with van der Waals surface area (Å²) in [6.07, 6.45) is -0.643. The molecule has 1 saturated heterocycles. The molecule has 2 aromatic carbocycles. The highest BCUT2D eigenvalue weighted by molar-refractivity contribution is 5.95. The van der Waals surface area contributed by atoms with Gasteiger partial charge in [-0.25, -0.2) is 0 Å². The van der Waals surface area contributed by atoms with Gasteiger partial charge in [-0.1, -0.05) is 18.2 Å². The Balaban J connectivity index is 1.61. The smallest absolute Gasteiger partial charge is 0.254 e. The highest BCUT2D eigenvalue weighted by Crippen LogP contribution is 2.36. The standard InChI is InChI=1S/C20H21NO5/c1-2-21(16-10-24-11-17(16)22)20(23)15-5-3-4-13(8-15)14-6-7-18-19(9-14)26-12-25-18/h3-9,16-17,22H,2,10-12H2,1H3/t16-,17-/m0/s1. The molecule has 2 aromatic rings. The summed E-state index contributed by atoms with van der Waals surface area (Å²) < 4.78 is 16.1. The zero-order valence-electron chi connectivity index (χ0n) is 14.6. The van der Waals surface area contributed by atoms with Gasteiger partial charge in [0.2, 0.25) is 6.79 Å². The number of amides is 1. The van der Waals surface area contributed by atoms with E-state index in [0.717, 1.165) is 16.9 Å². The lowest BCUT2D eigenvalue weighted by Gasteiger charge is -2.29. The first kappa shape index (κ1) is 16.9. The number of likely N-dealkylation sites (N-methyl/N-ethyl adjacent to an activating group) is 1. The van der Waals surface area contributed by atoms with Crippen molar-refractivity contribution in [1.29, 1.82) is 0 Å². The fraction of sp³-hybridized carbons (Fsp3) is 0.350. The zero-order valence-corrected chi connectivity index (χ0v) is 14.6. The fourth-order valence-electron chi connectivity index (χ4n) is 3.43. The average molecular weight is 355 g/mol. The number of benzene rings is 2. The molecule has 0 saturated carbocycles. The largest absolute Gasteiger partial charge is 0.454 e. The van der Waals surface area contributed by atoms with Crippen molar-refractivity contribution in [1.82, 2.24) is 4.90 Å². The minimum Gasteiger partial charge on any atom is -0.454 e. The predicted molar refractivity (Wildman–Crippen MR) is 95.3 cm³/mol. The molecular formula is C20H21NO5. The Kier molecular flexibility index (Phi) is 4.53. The van der Waals surface area contributed by atoms with E-state index in [1.54, 1.807) is 11.0 Å². The lowest BCUT2D eigenvalue weighted by atomic mass is 10.0. The third kappa shape index (κ3) is 3.02. The Morgan fingerprint density at radius 1 is 1.12 bits per heavy atom. The van der Waals surface area contributed by atoms with Crippen LogP contribution in [-0.4, -0.2) is 54.6 Å². The maximum atomic E-state index is 13.0. The van der Waals surface area contributed by atoms with E-state index in [2.05, 4.69) is 0 Å². The Bertz CT molecular complexity index is 822. The van der Waals surface area contributed by atoms with Crippen LogP contribution >= 0.6 is 0 Å². The number of hydrogen-bond acceptors (Lipinski definition) is 5. The van der Waals surface area contributed by atoms with Crippen molar-refractivity contribution in [3.8, 4) is 22.6 Å². The van der Waals surface area contributed by atoms with Gasteiger partial charge >= 0.3 is 0 Å². The normalized spacial score (nSPS) is 21.0. The second kappa shape index (κ2) is 6.97. The Hall–Kier alpha value is -2.57. The van der Waals surface area contributed by atoms with Crippen molar-refractivity contribution in [2.24, 2.45) is 0 Å². The van der Waals surface area contributed by atoms with Crippen molar-refractivity contribution in [2.45, 2.75) is 19.1 Å². The zero-order chi connectivity index (χ0) is 18.1. The lowest BCUT2D eigenvalue weighted by Crippen LogP contribution is -2.46. The van der Waals surface area contributed by atoms with E-state index in [1.165, 1.54) is 0 Å². The average Bonchev–Trinajstić information content (AvgIpc) is 3.31. The number of aliphatic hydroxyl groups excluding tert-OH is 1. The Labute approximate surface area is 151 Å². The number of hydrogen-bond donors (Lipinski definition) is 1. The van der Waals surface area contributed by atoms with E-state index in [-0.39, 0.29) is 25.3 Å². The quantitative estimate of drug-likeness (QED) is 0.912. The summed E-state index contributed by atoms with van der Waals surface area (Å²) >= 11 is 0. The van der Waals surface area contributed by atoms with E-state index in [0.29, 0.717) is 24.5 Å². The third-order valence-electron chi connectivity index (χ3n) is 4.84. The van der Waals surface area contributed by atoms with Gasteiger partial charge in [-0.2, -0.15) is 0 Å². The molecule has 136 valence electrons. The number of carbonyl (C=O) groups excluding carboxylic acids is 1. The molecule has 2 aliphatic heterocycles. The first-order valence-corrected chi connectivity index (χ1v) is 8.74. The summed E-state index contributed by atoms with van der Waals surface area (Å²) in [5.41, 5.74) is 2.46. The molecule has 26 heavy (non-hydrogen) atoms. The number of fused-ring (bicyclic) bond motifs is 1. The Morgan fingerprint density at radius 3 is 2.69 bits per heavy atom. The van der Waals surface area contributed by atoms with Crippen LogP contribution in [0.2, 0.25) is 0 Å². The first-order valence-electron chi connectivity index (χ1n) is 8.74. The number of aliphatic hydroxyl groups is 1. The molecule has 2 heterocycles. The van der Waals surface area contributed by atoms with E-state index >= 15 is 0 Å². The second-order valence-electron chi connectivity index (χ2n) is 6.41. The van der Waals surface area contributed by atoms with Crippen LogP contribution in [0.4, 0.5) is 0 Å². The molecule has 2 atom stereocenters. The van der Waals surface area contributed by atoms with E-state index in [1.807, 2.05) is 43.3 Å². The van der Waals surface area contributed by atoms with Crippen LogP contribution in [-0.2, 0) is 4.74 Å². The van der Waals surface area contributed by atoms with Gasteiger partial charge in [-0.3, -0.25) is 4.79 Å².